The molecule has 0 heterocycles. The van der Waals surface area contributed by atoms with Gasteiger partial charge in [-0.3, -0.25) is 0 Å². The van der Waals surface area contributed by atoms with Crippen molar-refractivity contribution in [2.45, 2.75) is 75.3 Å². The van der Waals surface area contributed by atoms with Gasteiger partial charge in [0.2, 0.25) is 0 Å². The van der Waals surface area contributed by atoms with Crippen LogP contribution in [0, 0.1) is 28.6 Å². The summed E-state index contributed by atoms with van der Waals surface area (Å²) >= 11 is 0. The van der Waals surface area contributed by atoms with E-state index in [0.717, 1.165) is 5.57 Å². The number of rotatable bonds is 1. The van der Waals surface area contributed by atoms with Crippen LogP contribution >= 0.6 is 0 Å². The van der Waals surface area contributed by atoms with E-state index in [9.17, 15) is 5.11 Å². The highest BCUT2D eigenvalue weighted by molar-refractivity contribution is 5.01. The predicted octanol–water partition coefficient (Wildman–Crippen LogP) is 5.85. The van der Waals surface area contributed by atoms with Crippen LogP contribution in [0.1, 0.15) is 69.2 Å². The van der Waals surface area contributed by atoms with Gasteiger partial charge in [-0.2, -0.15) is 0 Å². The molecule has 0 aliphatic heterocycles. The van der Waals surface area contributed by atoms with Crippen molar-refractivity contribution in [2.75, 3.05) is 0 Å². The van der Waals surface area contributed by atoms with Crippen LogP contribution in [0.3, 0.4) is 0 Å². The van der Waals surface area contributed by atoms with E-state index in [4.69, 9.17) is 6.42 Å². The molecule has 0 amide bonds. The average molecular weight is 295 g/mol. The summed E-state index contributed by atoms with van der Waals surface area (Å²) in [6, 6.07) is 0. The molecule has 0 bridgehead atoms. The third-order valence-electron chi connectivity index (χ3n) is 2.33. The smallest absolute Gasteiger partial charge is 0.0793 e. The van der Waals surface area contributed by atoms with Crippen molar-refractivity contribution in [2.24, 2.45) is 16.2 Å². The van der Waals surface area contributed by atoms with Gasteiger partial charge in [0, 0.05) is 5.41 Å². The van der Waals surface area contributed by atoms with Gasteiger partial charge in [0.1, 0.15) is 0 Å². The van der Waals surface area contributed by atoms with E-state index in [1.807, 2.05) is 54.5 Å². The number of allylic oxidation sites excluding steroid dienone is 1. The first-order chi connectivity index (χ1) is 8.98. The van der Waals surface area contributed by atoms with Gasteiger partial charge in [0.25, 0.3) is 0 Å². The topological polar surface area (TPSA) is 20.2 Å². The van der Waals surface area contributed by atoms with Gasteiger partial charge in [0.05, 0.1) is 6.10 Å². The van der Waals surface area contributed by atoms with Crippen molar-refractivity contribution in [1.82, 2.24) is 0 Å². The van der Waals surface area contributed by atoms with Crippen molar-refractivity contribution in [1.29, 1.82) is 0 Å². The highest BCUT2D eigenvalue weighted by Gasteiger charge is 2.21. The molecule has 1 nitrogen and oxygen atoms in total. The van der Waals surface area contributed by atoms with E-state index >= 15 is 0 Å². The fraction of sp³-hybridized carbons (Fsp3) is 0.700. The summed E-state index contributed by atoms with van der Waals surface area (Å²) in [6.07, 6.45) is 6.62. The monoisotopic (exact) mass is 294 g/mol. The lowest BCUT2D eigenvalue weighted by molar-refractivity contribution is 0.0953. The molecule has 0 aromatic rings. The first-order valence-corrected chi connectivity index (χ1v) is 7.42. The maximum Gasteiger partial charge on any atom is 0.0793 e. The molecule has 0 saturated heterocycles. The third-order valence-corrected chi connectivity index (χ3v) is 2.33. The van der Waals surface area contributed by atoms with Gasteiger partial charge in [-0.1, -0.05) is 59.8 Å². The van der Waals surface area contributed by atoms with Crippen molar-refractivity contribution in [3.05, 3.63) is 24.8 Å². The Bertz CT molecular complexity index is 334. The minimum absolute atomic E-state index is 0.0637. The first kappa shape index (κ1) is 25.0. The Balaban J connectivity index is -0.000000240. The summed E-state index contributed by atoms with van der Waals surface area (Å²) in [5.41, 5.74) is 1.15. The average Bonchev–Trinajstić information content (AvgIpc) is 2.26. The molecule has 0 aliphatic carbocycles. The molecule has 124 valence electrons. The van der Waals surface area contributed by atoms with Gasteiger partial charge in [0.15, 0.2) is 0 Å². The molecule has 1 heteroatoms. The zero-order chi connectivity index (χ0) is 18.1. The molecule has 0 aliphatic rings. The number of hydrogen-bond donors (Lipinski definition) is 1. The van der Waals surface area contributed by atoms with Crippen LogP contribution in [0.15, 0.2) is 24.8 Å². The zero-order valence-corrected chi connectivity index (χ0v) is 16.1. The lowest BCUT2D eigenvalue weighted by Gasteiger charge is -2.25. The standard InChI is InChI=1S/C8H16O.C6H12.C6H10/c1-6(2)7(9)8(3,4)5;2*1-5-6(2,3)4/h7,9H,1H2,2-5H3;5H,1H2,2-4H3;1H,2-4H3. The highest BCUT2D eigenvalue weighted by Crippen LogP contribution is 2.23. The van der Waals surface area contributed by atoms with Crippen LogP contribution in [0.5, 0.6) is 0 Å². The normalized spacial score (nSPS) is 12.7. The number of terminal acetylenes is 1. The van der Waals surface area contributed by atoms with Crippen molar-refractivity contribution < 1.29 is 5.11 Å². The molecular formula is C20H38O. The Morgan fingerprint density at radius 1 is 1.05 bits per heavy atom. The lowest BCUT2D eigenvalue weighted by atomic mass is 9.86. The number of aliphatic hydroxyl groups excluding tert-OH is 1. The van der Waals surface area contributed by atoms with Crippen molar-refractivity contribution in [3.63, 3.8) is 0 Å². The second kappa shape index (κ2) is 9.85. The summed E-state index contributed by atoms with van der Waals surface area (Å²) in [5.74, 6) is 2.60. The molecule has 21 heavy (non-hydrogen) atoms. The summed E-state index contributed by atoms with van der Waals surface area (Å²) in [4.78, 5) is 0. The molecule has 0 rings (SSSR count). The van der Waals surface area contributed by atoms with Crippen LogP contribution in [0.4, 0.5) is 0 Å². The zero-order valence-electron chi connectivity index (χ0n) is 16.1. The number of hydrogen-bond acceptors (Lipinski definition) is 1. The fourth-order valence-corrected chi connectivity index (χ4v) is 0.739. The molecular weight excluding hydrogens is 256 g/mol. The van der Waals surface area contributed by atoms with Gasteiger partial charge in [-0.05, 0) is 38.5 Å². The molecule has 0 aromatic carbocycles. The van der Waals surface area contributed by atoms with E-state index in [0.29, 0.717) is 5.41 Å². The number of aliphatic hydroxyl groups is 1. The quantitative estimate of drug-likeness (QED) is 0.475. The SMILES string of the molecule is C#CC(C)(C)C.C=C(C)C(O)C(C)(C)C.C=CC(C)(C)C. The van der Waals surface area contributed by atoms with E-state index < -0.39 is 0 Å². The fourth-order valence-electron chi connectivity index (χ4n) is 0.739. The Hall–Kier alpha value is -1.00. The van der Waals surface area contributed by atoms with Gasteiger partial charge in [-0.25, -0.2) is 0 Å². The molecule has 1 N–H and O–H groups in total. The molecule has 0 saturated carbocycles. The lowest BCUT2D eigenvalue weighted by Crippen LogP contribution is -2.26. The minimum atomic E-state index is -0.377. The van der Waals surface area contributed by atoms with Crippen molar-refractivity contribution >= 4 is 0 Å². The summed E-state index contributed by atoms with van der Waals surface area (Å²) in [7, 11) is 0. The molecule has 1 unspecified atom stereocenters. The van der Waals surface area contributed by atoms with Crippen molar-refractivity contribution in [3.8, 4) is 12.3 Å². The Kier molecular flexibility index (Phi) is 11.7. The minimum Gasteiger partial charge on any atom is -0.388 e. The van der Waals surface area contributed by atoms with Gasteiger partial charge < -0.3 is 5.11 Å². The Morgan fingerprint density at radius 3 is 1.29 bits per heavy atom. The van der Waals surface area contributed by atoms with E-state index in [2.05, 4.69) is 39.8 Å². The second-order valence-corrected chi connectivity index (χ2v) is 8.58. The molecule has 0 fully saturated rings. The molecule has 0 spiro atoms. The largest absolute Gasteiger partial charge is 0.388 e. The molecule has 0 aromatic heterocycles. The Morgan fingerprint density at radius 2 is 1.29 bits per heavy atom. The summed E-state index contributed by atoms with van der Waals surface area (Å²) in [5, 5.41) is 9.36. The van der Waals surface area contributed by atoms with Crippen LogP contribution < -0.4 is 0 Å². The van der Waals surface area contributed by atoms with E-state index in [-0.39, 0.29) is 16.9 Å². The van der Waals surface area contributed by atoms with Crippen LogP contribution in [0.2, 0.25) is 0 Å². The summed E-state index contributed by atoms with van der Waals surface area (Å²) in [6.45, 7) is 27.5. The highest BCUT2D eigenvalue weighted by atomic mass is 16.3. The molecule has 0 radical (unpaired) electrons. The van der Waals surface area contributed by atoms with Gasteiger partial charge in [-0.15, -0.1) is 18.9 Å². The first-order valence-electron chi connectivity index (χ1n) is 7.42. The maximum atomic E-state index is 9.36. The van der Waals surface area contributed by atoms with E-state index in [1.165, 1.54) is 0 Å². The predicted molar refractivity (Wildman–Crippen MR) is 98.2 cm³/mol. The third kappa shape index (κ3) is 24.4. The Labute approximate surface area is 134 Å². The summed E-state index contributed by atoms with van der Waals surface area (Å²) < 4.78 is 0. The maximum absolute atomic E-state index is 9.36. The molecule has 1 atom stereocenters. The van der Waals surface area contributed by atoms with Crippen LogP contribution in [-0.2, 0) is 0 Å². The van der Waals surface area contributed by atoms with Gasteiger partial charge >= 0.3 is 0 Å². The van der Waals surface area contributed by atoms with E-state index in [1.54, 1.807) is 0 Å². The van der Waals surface area contributed by atoms with Crippen LogP contribution in [0.25, 0.3) is 0 Å². The van der Waals surface area contributed by atoms with Crippen LogP contribution in [-0.4, -0.2) is 11.2 Å². The second-order valence-electron chi connectivity index (χ2n) is 8.58.